The molecule has 0 aromatic heterocycles. The molecular formula is C12H17FN2O2. The molecule has 0 fully saturated rings. The summed E-state index contributed by atoms with van der Waals surface area (Å²) < 4.78 is 18.2. The molecule has 0 saturated carbocycles. The van der Waals surface area contributed by atoms with E-state index >= 15 is 0 Å². The van der Waals surface area contributed by atoms with Gasteiger partial charge in [0.05, 0.1) is 18.3 Å². The first-order valence-electron chi connectivity index (χ1n) is 5.45. The maximum absolute atomic E-state index is 12.9. The van der Waals surface area contributed by atoms with Gasteiger partial charge in [0.2, 0.25) is 0 Å². The highest BCUT2D eigenvalue weighted by Gasteiger charge is 2.10. The molecule has 1 aromatic rings. The van der Waals surface area contributed by atoms with Crippen molar-refractivity contribution in [2.45, 2.75) is 20.0 Å². The van der Waals surface area contributed by atoms with Crippen molar-refractivity contribution in [3.05, 3.63) is 29.6 Å². The molecule has 0 aliphatic carbocycles. The largest absolute Gasteiger partial charge is 0.398 e. The van der Waals surface area contributed by atoms with E-state index in [4.69, 9.17) is 10.5 Å². The lowest BCUT2D eigenvalue weighted by molar-refractivity contribution is 0.0747. The number of halogens is 1. The topological polar surface area (TPSA) is 64.3 Å². The molecule has 1 rings (SSSR count). The third kappa shape index (κ3) is 4.40. The molecule has 0 spiro atoms. The van der Waals surface area contributed by atoms with Gasteiger partial charge in [-0.05, 0) is 32.0 Å². The molecule has 0 atom stereocenters. The Kier molecular flexibility index (Phi) is 4.90. The highest BCUT2D eigenvalue weighted by atomic mass is 19.1. The summed E-state index contributed by atoms with van der Waals surface area (Å²) in [5.41, 5.74) is 5.99. The maximum Gasteiger partial charge on any atom is 0.253 e. The summed E-state index contributed by atoms with van der Waals surface area (Å²) in [5.74, 6) is -0.878. The second-order valence-corrected chi connectivity index (χ2v) is 3.91. The van der Waals surface area contributed by atoms with Crippen LogP contribution in [0.4, 0.5) is 10.1 Å². The number of amides is 1. The van der Waals surface area contributed by atoms with E-state index in [1.807, 2.05) is 13.8 Å². The van der Waals surface area contributed by atoms with E-state index in [0.717, 1.165) is 6.07 Å². The fourth-order valence-corrected chi connectivity index (χ4v) is 1.28. The zero-order chi connectivity index (χ0) is 12.8. The smallest absolute Gasteiger partial charge is 0.253 e. The van der Waals surface area contributed by atoms with Gasteiger partial charge in [0.25, 0.3) is 5.91 Å². The van der Waals surface area contributed by atoms with Crippen molar-refractivity contribution >= 4 is 11.6 Å². The lowest BCUT2D eigenvalue weighted by atomic mass is 10.1. The number of nitrogens with two attached hydrogens (primary N) is 1. The molecular weight excluding hydrogens is 223 g/mol. The highest BCUT2D eigenvalue weighted by molar-refractivity contribution is 5.99. The summed E-state index contributed by atoms with van der Waals surface area (Å²) in [6, 6.07) is 3.71. The highest BCUT2D eigenvalue weighted by Crippen LogP contribution is 2.12. The van der Waals surface area contributed by atoms with Gasteiger partial charge < -0.3 is 15.8 Å². The van der Waals surface area contributed by atoms with E-state index in [1.54, 1.807) is 0 Å². The Balaban J connectivity index is 2.49. The van der Waals surface area contributed by atoms with Crippen molar-refractivity contribution in [1.29, 1.82) is 0 Å². The number of rotatable bonds is 5. The molecule has 1 amide bonds. The number of carbonyl (C=O) groups excluding carboxylic acids is 1. The SMILES string of the molecule is CC(C)OCCNC(=O)c1cc(F)ccc1N. The molecule has 0 saturated heterocycles. The van der Waals surface area contributed by atoms with Crippen LogP contribution in [0.2, 0.25) is 0 Å². The monoisotopic (exact) mass is 240 g/mol. The molecule has 0 unspecified atom stereocenters. The Morgan fingerprint density at radius 2 is 2.24 bits per heavy atom. The Morgan fingerprint density at radius 3 is 2.88 bits per heavy atom. The molecule has 0 aliphatic rings. The molecule has 5 heteroatoms. The van der Waals surface area contributed by atoms with Crippen molar-refractivity contribution in [2.24, 2.45) is 0 Å². The number of hydrogen-bond donors (Lipinski definition) is 2. The Labute approximate surface area is 100.0 Å². The van der Waals surface area contributed by atoms with Crippen LogP contribution < -0.4 is 11.1 Å². The van der Waals surface area contributed by atoms with E-state index in [2.05, 4.69) is 5.32 Å². The molecule has 3 N–H and O–H groups in total. The van der Waals surface area contributed by atoms with Crippen LogP contribution in [0.5, 0.6) is 0 Å². The summed E-state index contributed by atoms with van der Waals surface area (Å²) in [6.07, 6.45) is 0.117. The Hall–Kier alpha value is -1.62. The molecule has 4 nitrogen and oxygen atoms in total. The van der Waals surface area contributed by atoms with Gasteiger partial charge in [-0.2, -0.15) is 0 Å². The Morgan fingerprint density at radius 1 is 1.53 bits per heavy atom. The molecule has 1 aromatic carbocycles. The Bertz CT molecular complexity index is 394. The van der Waals surface area contributed by atoms with Gasteiger partial charge in [0.1, 0.15) is 5.82 Å². The fraction of sp³-hybridized carbons (Fsp3) is 0.417. The predicted molar refractivity (Wildman–Crippen MR) is 64.2 cm³/mol. The number of anilines is 1. The van der Waals surface area contributed by atoms with E-state index in [0.29, 0.717) is 13.2 Å². The lowest BCUT2D eigenvalue weighted by Gasteiger charge is -2.09. The molecule has 0 bridgehead atoms. The summed E-state index contributed by atoms with van der Waals surface area (Å²) >= 11 is 0. The molecule has 17 heavy (non-hydrogen) atoms. The van der Waals surface area contributed by atoms with Crippen molar-refractivity contribution in [3.8, 4) is 0 Å². The lowest BCUT2D eigenvalue weighted by Crippen LogP contribution is -2.28. The predicted octanol–water partition coefficient (Wildman–Crippen LogP) is 1.56. The second kappa shape index (κ2) is 6.20. The van der Waals surface area contributed by atoms with Crippen molar-refractivity contribution < 1.29 is 13.9 Å². The van der Waals surface area contributed by atoms with Crippen LogP contribution >= 0.6 is 0 Å². The van der Waals surface area contributed by atoms with Gasteiger partial charge in [-0.25, -0.2) is 4.39 Å². The van der Waals surface area contributed by atoms with Crippen LogP contribution in [0.25, 0.3) is 0 Å². The summed E-state index contributed by atoms with van der Waals surface area (Å²) in [4.78, 5) is 11.6. The summed E-state index contributed by atoms with van der Waals surface area (Å²) in [5, 5.41) is 2.61. The van der Waals surface area contributed by atoms with Gasteiger partial charge >= 0.3 is 0 Å². The quantitative estimate of drug-likeness (QED) is 0.606. The number of ether oxygens (including phenoxy) is 1. The standard InChI is InChI=1S/C12H17FN2O2/c1-8(2)17-6-5-15-12(16)10-7-9(13)3-4-11(10)14/h3-4,7-8H,5-6,14H2,1-2H3,(H,15,16). The van der Waals surface area contributed by atoms with Gasteiger partial charge in [0, 0.05) is 12.2 Å². The number of nitrogens with one attached hydrogen (secondary N) is 1. The minimum atomic E-state index is -0.484. The van der Waals surface area contributed by atoms with Crippen LogP contribution in [-0.4, -0.2) is 25.2 Å². The van der Waals surface area contributed by atoms with Gasteiger partial charge in [-0.1, -0.05) is 0 Å². The van der Waals surface area contributed by atoms with Crippen molar-refractivity contribution in [3.63, 3.8) is 0 Å². The summed E-state index contributed by atoms with van der Waals surface area (Å²) in [6.45, 7) is 4.60. The van der Waals surface area contributed by atoms with Crippen LogP contribution in [0.15, 0.2) is 18.2 Å². The average molecular weight is 240 g/mol. The molecule has 0 heterocycles. The van der Waals surface area contributed by atoms with E-state index in [-0.39, 0.29) is 17.4 Å². The van der Waals surface area contributed by atoms with E-state index in [1.165, 1.54) is 12.1 Å². The van der Waals surface area contributed by atoms with Crippen LogP contribution in [0, 0.1) is 5.82 Å². The third-order valence-corrected chi connectivity index (χ3v) is 2.10. The molecule has 0 radical (unpaired) electrons. The van der Waals surface area contributed by atoms with Crippen LogP contribution in [-0.2, 0) is 4.74 Å². The van der Waals surface area contributed by atoms with Gasteiger partial charge in [-0.15, -0.1) is 0 Å². The average Bonchev–Trinajstić information content (AvgIpc) is 2.27. The van der Waals surface area contributed by atoms with E-state index < -0.39 is 11.7 Å². The van der Waals surface area contributed by atoms with Gasteiger partial charge in [0.15, 0.2) is 0 Å². The van der Waals surface area contributed by atoms with Gasteiger partial charge in [-0.3, -0.25) is 4.79 Å². The fourth-order valence-electron chi connectivity index (χ4n) is 1.28. The summed E-state index contributed by atoms with van der Waals surface area (Å²) in [7, 11) is 0. The van der Waals surface area contributed by atoms with Crippen molar-refractivity contribution in [2.75, 3.05) is 18.9 Å². The molecule has 94 valence electrons. The van der Waals surface area contributed by atoms with Crippen LogP contribution in [0.1, 0.15) is 24.2 Å². The second-order valence-electron chi connectivity index (χ2n) is 3.91. The minimum absolute atomic E-state index is 0.117. The van der Waals surface area contributed by atoms with E-state index in [9.17, 15) is 9.18 Å². The third-order valence-electron chi connectivity index (χ3n) is 2.10. The zero-order valence-electron chi connectivity index (χ0n) is 10.00. The normalized spacial score (nSPS) is 10.6. The first-order valence-corrected chi connectivity index (χ1v) is 5.45. The minimum Gasteiger partial charge on any atom is -0.398 e. The van der Waals surface area contributed by atoms with Crippen LogP contribution in [0.3, 0.4) is 0 Å². The first kappa shape index (κ1) is 13.4. The maximum atomic E-state index is 12.9. The zero-order valence-corrected chi connectivity index (χ0v) is 10.00. The number of nitrogen functional groups attached to an aromatic ring is 1. The van der Waals surface area contributed by atoms with Crippen molar-refractivity contribution in [1.82, 2.24) is 5.32 Å². The molecule has 0 aliphatic heterocycles. The number of benzene rings is 1. The first-order chi connectivity index (χ1) is 8.00. The number of hydrogen-bond acceptors (Lipinski definition) is 3. The number of carbonyl (C=O) groups is 1.